The molecule has 6 nitrogen and oxygen atoms in total. The lowest BCUT2D eigenvalue weighted by Gasteiger charge is -2.18. The van der Waals surface area contributed by atoms with Crippen LogP contribution in [0.1, 0.15) is 425 Å². The first kappa shape index (κ1) is 78.1. The van der Waals surface area contributed by atoms with Gasteiger partial charge in [-0.3, -0.25) is 14.4 Å². The molecule has 0 aliphatic rings. The number of hydrogen-bond acceptors (Lipinski definition) is 6. The molecule has 0 aromatic carbocycles. The maximum Gasteiger partial charge on any atom is 0.306 e. The molecular formula is C74H142O6. The summed E-state index contributed by atoms with van der Waals surface area (Å²) in [5.74, 6) is -0.839. The van der Waals surface area contributed by atoms with E-state index in [9.17, 15) is 14.4 Å². The molecule has 474 valence electrons. The van der Waals surface area contributed by atoms with Crippen molar-refractivity contribution >= 4 is 17.9 Å². The molecule has 0 radical (unpaired) electrons. The summed E-state index contributed by atoms with van der Waals surface area (Å²) in [7, 11) is 0. The Morgan fingerprint density at radius 1 is 0.237 bits per heavy atom. The molecule has 0 amide bonds. The average molecular weight is 1130 g/mol. The van der Waals surface area contributed by atoms with Gasteiger partial charge < -0.3 is 14.2 Å². The second kappa shape index (κ2) is 69.6. The van der Waals surface area contributed by atoms with Gasteiger partial charge in [0.1, 0.15) is 13.2 Å². The molecule has 0 saturated carbocycles. The molecule has 0 rings (SSSR count). The summed E-state index contributed by atoms with van der Waals surface area (Å²) in [4.78, 5) is 38.3. The Morgan fingerprint density at radius 2 is 0.412 bits per heavy atom. The summed E-state index contributed by atoms with van der Waals surface area (Å²) < 4.78 is 17.0. The smallest absolute Gasteiger partial charge is 0.306 e. The van der Waals surface area contributed by atoms with Gasteiger partial charge in [0.15, 0.2) is 6.10 Å². The summed E-state index contributed by atoms with van der Waals surface area (Å²) in [6.07, 6.45) is 84.2. The third-order valence-electron chi connectivity index (χ3n) is 17.0. The average Bonchev–Trinajstić information content (AvgIpc) is 3.46. The van der Waals surface area contributed by atoms with Crippen molar-refractivity contribution in [2.45, 2.75) is 431 Å². The van der Waals surface area contributed by atoms with Crippen molar-refractivity contribution in [3.8, 4) is 0 Å². The molecule has 0 bridgehead atoms. The van der Waals surface area contributed by atoms with E-state index < -0.39 is 6.10 Å². The van der Waals surface area contributed by atoms with E-state index in [1.54, 1.807) is 0 Å². The predicted molar refractivity (Wildman–Crippen MR) is 349 cm³/mol. The van der Waals surface area contributed by atoms with E-state index in [2.05, 4.69) is 32.9 Å². The number of unbranched alkanes of at least 4 members (excludes halogenated alkanes) is 56. The zero-order chi connectivity index (χ0) is 57.8. The highest BCUT2D eigenvalue weighted by Gasteiger charge is 2.20. The number of rotatable bonds is 69. The van der Waals surface area contributed by atoms with Gasteiger partial charge in [-0.15, -0.1) is 0 Å². The van der Waals surface area contributed by atoms with Crippen LogP contribution in [0.5, 0.6) is 0 Å². The normalized spacial score (nSPS) is 12.0. The van der Waals surface area contributed by atoms with E-state index in [0.717, 1.165) is 57.8 Å². The maximum atomic E-state index is 12.9. The molecule has 1 unspecified atom stereocenters. The second-order valence-electron chi connectivity index (χ2n) is 25.2. The van der Waals surface area contributed by atoms with E-state index in [4.69, 9.17) is 14.2 Å². The molecule has 0 aromatic heterocycles. The molecule has 0 fully saturated rings. The largest absolute Gasteiger partial charge is 0.462 e. The van der Waals surface area contributed by atoms with Crippen LogP contribution in [0.15, 0.2) is 12.2 Å². The topological polar surface area (TPSA) is 78.9 Å². The van der Waals surface area contributed by atoms with E-state index >= 15 is 0 Å². The van der Waals surface area contributed by atoms with E-state index in [1.165, 1.54) is 327 Å². The number of hydrogen-bond donors (Lipinski definition) is 0. The fourth-order valence-electron chi connectivity index (χ4n) is 11.5. The van der Waals surface area contributed by atoms with Crippen LogP contribution >= 0.6 is 0 Å². The second-order valence-corrected chi connectivity index (χ2v) is 25.2. The highest BCUT2D eigenvalue weighted by atomic mass is 16.6. The Morgan fingerprint density at radius 3 is 0.625 bits per heavy atom. The van der Waals surface area contributed by atoms with Crippen molar-refractivity contribution in [3.63, 3.8) is 0 Å². The number of carbonyl (C=O) groups excluding carboxylic acids is 3. The molecule has 0 saturated heterocycles. The van der Waals surface area contributed by atoms with Crippen molar-refractivity contribution in [2.75, 3.05) is 13.2 Å². The molecule has 0 N–H and O–H groups in total. The molecule has 0 aliphatic carbocycles. The summed E-state index contributed by atoms with van der Waals surface area (Å²) in [5.41, 5.74) is 0. The van der Waals surface area contributed by atoms with Crippen molar-refractivity contribution in [1.29, 1.82) is 0 Å². The van der Waals surface area contributed by atoms with Crippen molar-refractivity contribution < 1.29 is 28.6 Å². The van der Waals surface area contributed by atoms with Crippen molar-refractivity contribution in [2.24, 2.45) is 0 Å². The van der Waals surface area contributed by atoms with Gasteiger partial charge in [0, 0.05) is 19.3 Å². The molecule has 1 atom stereocenters. The summed E-state index contributed by atoms with van der Waals surface area (Å²) >= 11 is 0. The standard InChI is InChI=1S/C74H142O6/c1-4-7-10-13-16-19-22-24-26-28-29-30-31-32-33-34-35-36-37-38-39-40-41-42-43-44-46-47-49-52-55-58-61-64-67-73(76)79-70-71(69-78-72(75)66-63-60-57-54-51-21-18-15-12-9-6-3)80-74(77)68-65-62-59-56-53-50-48-45-27-25-23-20-17-14-11-8-5-2/h25,27,71H,4-24,26,28-70H2,1-3H3/b27-25-. The molecule has 80 heavy (non-hydrogen) atoms. The van der Waals surface area contributed by atoms with E-state index in [1.807, 2.05) is 0 Å². The number of carbonyl (C=O) groups is 3. The third-order valence-corrected chi connectivity index (χ3v) is 17.0. The third kappa shape index (κ3) is 66.9. The molecule has 0 aliphatic heterocycles. The highest BCUT2D eigenvalue weighted by molar-refractivity contribution is 5.71. The lowest BCUT2D eigenvalue weighted by molar-refractivity contribution is -0.167. The van der Waals surface area contributed by atoms with Crippen molar-refractivity contribution in [3.05, 3.63) is 12.2 Å². The monoisotopic (exact) mass is 1130 g/mol. The van der Waals surface area contributed by atoms with Gasteiger partial charge in [0.05, 0.1) is 0 Å². The summed E-state index contributed by atoms with van der Waals surface area (Å²) in [6, 6.07) is 0. The van der Waals surface area contributed by atoms with Gasteiger partial charge in [0.2, 0.25) is 0 Å². The first-order chi connectivity index (χ1) is 39.5. The van der Waals surface area contributed by atoms with Crippen LogP contribution in [-0.4, -0.2) is 37.2 Å². The van der Waals surface area contributed by atoms with Crippen LogP contribution < -0.4 is 0 Å². The van der Waals surface area contributed by atoms with Gasteiger partial charge in [-0.05, 0) is 44.9 Å². The van der Waals surface area contributed by atoms with Crippen LogP contribution in [0, 0.1) is 0 Å². The van der Waals surface area contributed by atoms with E-state index in [0.29, 0.717) is 19.3 Å². The molecule has 6 heteroatoms. The van der Waals surface area contributed by atoms with Gasteiger partial charge in [0.25, 0.3) is 0 Å². The summed E-state index contributed by atoms with van der Waals surface area (Å²) in [6.45, 7) is 6.71. The minimum Gasteiger partial charge on any atom is -0.462 e. The zero-order valence-electron chi connectivity index (χ0n) is 54.6. The zero-order valence-corrected chi connectivity index (χ0v) is 54.6. The summed E-state index contributed by atoms with van der Waals surface area (Å²) in [5, 5.41) is 0. The fraction of sp³-hybridized carbons (Fsp3) is 0.932. The number of ether oxygens (including phenoxy) is 3. The quantitative estimate of drug-likeness (QED) is 0.0261. The Labute approximate surface area is 501 Å². The maximum absolute atomic E-state index is 12.9. The Bertz CT molecular complexity index is 1250. The van der Waals surface area contributed by atoms with Crippen LogP contribution in [0.3, 0.4) is 0 Å². The number of allylic oxidation sites excluding steroid dienone is 2. The van der Waals surface area contributed by atoms with E-state index in [-0.39, 0.29) is 31.1 Å². The molecule has 0 heterocycles. The predicted octanol–water partition coefficient (Wildman–Crippen LogP) is 25.2. The van der Waals surface area contributed by atoms with Crippen LogP contribution in [0.4, 0.5) is 0 Å². The van der Waals surface area contributed by atoms with Crippen molar-refractivity contribution in [1.82, 2.24) is 0 Å². The van der Waals surface area contributed by atoms with Gasteiger partial charge in [-0.25, -0.2) is 0 Å². The highest BCUT2D eigenvalue weighted by Crippen LogP contribution is 2.19. The van der Waals surface area contributed by atoms with Crippen LogP contribution in [0.25, 0.3) is 0 Å². The Balaban J connectivity index is 4.02. The van der Waals surface area contributed by atoms with Gasteiger partial charge >= 0.3 is 17.9 Å². The lowest BCUT2D eigenvalue weighted by atomic mass is 10.0. The van der Waals surface area contributed by atoms with Crippen LogP contribution in [-0.2, 0) is 28.6 Å². The lowest BCUT2D eigenvalue weighted by Crippen LogP contribution is -2.30. The first-order valence-electron chi connectivity index (χ1n) is 36.7. The molecule has 0 aromatic rings. The Hall–Kier alpha value is -1.85. The Kier molecular flexibility index (Phi) is 68.0. The number of esters is 3. The molecule has 0 spiro atoms. The van der Waals surface area contributed by atoms with Crippen LogP contribution in [0.2, 0.25) is 0 Å². The van der Waals surface area contributed by atoms with Gasteiger partial charge in [-0.2, -0.15) is 0 Å². The SMILES string of the molecule is CCCCCCCC/C=C\CCCCCCCCCC(=O)OC(COC(=O)CCCCCCCCCCCCC)COC(=O)CCCCCCCCCCCCCCCCCCCCCCCCCCCCCCCCCCCC. The molecular weight excluding hydrogens is 985 g/mol. The fourth-order valence-corrected chi connectivity index (χ4v) is 11.5. The first-order valence-corrected chi connectivity index (χ1v) is 36.7. The minimum absolute atomic E-state index is 0.0653. The minimum atomic E-state index is -0.768. The van der Waals surface area contributed by atoms with Gasteiger partial charge in [-0.1, -0.05) is 373 Å².